The number of fused-ring (bicyclic) bond motifs is 4. The Labute approximate surface area is 165 Å². The summed E-state index contributed by atoms with van der Waals surface area (Å²) >= 11 is 0. The third-order valence-corrected chi connectivity index (χ3v) is 7.80. The molecule has 0 unspecified atom stereocenters. The molecular formula is C20H27N3O4S. The summed E-state index contributed by atoms with van der Waals surface area (Å²) in [7, 11) is -1.81. The number of methoxy groups -OCH3 is 1. The quantitative estimate of drug-likeness (QED) is 0.786. The third-order valence-electron chi connectivity index (χ3n) is 6.57. The van der Waals surface area contributed by atoms with Crippen LogP contribution in [0.5, 0.6) is 5.75 Å². The maximum Gasteiger partial charge on any atom is 0.211 e. The van der Waals surface area contributed by atoms with E-state index in [9.17, 15) is 13.5 Å². The first-order valence-corrected chi connectivity index (χ1v) is 11.7. The van der Waals surface area contributed by atoms with Crippen molar-refractivity contribution in [2.24, 2.45) is 5.92 Å². The Balaban J connectivity index is 1.64. The van der Waals surface area contributed by atoms with Gasteiger partial charge in [0.05, 0.1) is 26.0 Å². The summed E-state index contributed by atoms with van der Waals surface area (Å²) in [4.78, 5) is 5.87. The SMILES string of the molecule is COc1ccc2c3c([nH]c2c1)[C@H](CO)N(S(C)(=O)=O)CC31CN(CC2CC2)C1. The molecule has 152 valence electrons. The summed E-state index contributed by atoms with van der Waals surface area (Å²) in [5.41, 5.74) is 2.70. The molecule has 1 aromatic heterocycles. The van der Waals surface area contributed by atoms with Crippen LogP contribution < -0.4 is 4.74 Å². The lowest BCUT2D eigenvalue weighted by Crippen LogP contribution is -2.67. The topological polar surface area (TPSA) is 85.9 Å². The number of aromatic amines is 1. The number of nitrogens with one attached hydrogen (secondary N) is 1. The summed E-state index contributed by atoms with van der Waals surface area (Å²) in [6.45, 7) is 3.00. The molecule has 2 N–H and O–H groups in total. The first-order chi connectivity index (χ1) is 13.3. The van der Waals surface area contributed by atoms with Crippen molar-refractivity contribution in [3.63, 3.8) is 0 Å². The Morgan fingerprint density at radius 3 is 2.64 bits per heavy atom. The van der Waals surface area contributed by atoms with Gasteiger partial charge in [0.2, 0.25) is 10.0 Å². The van der Waals surface area contributed by atoms with Crippen molar-refractivity contribution in [1.82, 2.24) is 14.2 Å². The predicted molar refractivity (Wildman–Crippen MR) is 107 cm³/mol. The zero-order valence-electron chi connectivity index (χ0n) is 16.3. The van der Waals surface area contributed by atoms with Gasteiger partial charge in [-0.3, -0.25) is 0 Å². The van der Waals surface area contributed by atoms with Gasteiger partial charge in [0, 0.05) is 54.3 Å². The lowest BCUT2D eigenvalue weighted by Gasteiger charge is -2.55. The molecule has 3 heterocycles. The second-order valence-corrected chi connectivity index (χ2v) is 10.7. The number of hydrogen-bond acceptors (Lipinski definition) is 5. The second-order valence-electron chi connectivity index (χ2n) is 8.73. The van der Waals surface area contributed by atoms with Gasteiger partial charge >= 0.3 is 0 Å². The number of H-pyrrole nitrogens is 1. The molecule has 2 aliphatic heterocycles. The highest BCUT2D eigenvalue weighted by Gasteiger charge is 2.54. The Bertz CT molecular complexity index is 1020. The smallest absolute Gasteiger partial charge is 0.211 e. The molecule has 1 aliphatic carbocycles. The van der Waals surface area contributed by atoms with E-state index >= 15 is 0 Å². The molecule has 1 aromatic carbocycles. The van der Waals surface area contributed by atoms with E-state index in [-0.39, 0.29) is 12.0 Å². The van der Waals surface area contributed by atoms with Gasteiger partial charge in [0.15, 0.2) is 0 Å². The van der Waals surface area contributed by atoms with Crippen molar-refractivity contribution in [2.45, 2.75) is 24.3 Å². The molecule has 1 saturated carbocycles. The van der Waals surface area contributed by atoms with E-state index in [0.29, 0.717) is 6.54 Å². The number of rotatable bonds is 5. The van der Waals surface area contributed by atoms with Gasteiger partial charge in [0.1, 0.15) is 5.75 Å². The number of aromatic nitrogens is 1. The maximum absolute atomic E-state index is 12.5. The standard InChI is InChI=1S/C20H27N3O4S/c1-27-14-5-6-15-16(7-14)21-19-17(9-24)23(28(2,25)26)12-20(18(15)19)10-22(11-20)8-13-3-4-13/h5-7,13,17,21,24H,3-4,8-12H2,1-2H3/t17-/m0/s1. The van der Waals surface area contributed by atoms with E-state index in [0.717, 1.165) is 47.9 Å². The van der Waals surface area contributed by atoms with Gasteiger partial charge in [-0.15, -0.1) is 0 Å². The van der Waals surface area contributed by atoms with Crippen molar-refractivity contribution in [3.05, 3.63) is 29.5 Å². The Hall–Kier alpha value is -1.61. The predicted octanol–water partition coefficient (Wildman–Crippen LogP) is 1.45. The molecule has 2 aromatic rings. The molecule has 7 nitrogen and oxygen atoms in total. The average Bonchev–Trinajstić information content (AvgIpc) is 3.36. The van der Waals surface area contributed by atoms with Crippen molar-refractivity contribution in [3.8, 4) is 5.75 Å². The highest BCUT2D eigenvalue weighted by Crippen LogP contribution is 2.49. The number of aliphatic hydroxyl groups excluding tert-OH is 1. The molecule has 0 amide bonds. The van der Waals surface area contributed by atoms with Crippen LogP contribution in [0.2, 0.25) is 0 Å². The lowest BCUT2D eigenvalue weighted by molar-refractivity contribution is 0.0226. The molecule has 28 heavy (non-hydrogen) atoms. The number of likely N-dealkylation sites (tertiary alicyclic amines) is 1. The lowest BCUT2D eigenvalue weighted by atomic mass is 9.69. The first kappa shape index (κ1) is 18.4. The van der Waals surface area contributed by atoms with E-state index in [1.54, 1.807) is 7.11 Å². The van der Waals surface area contributed by atoms with Crippen LogP contribution in [0.25, 0.3) is 10.9 Å². The zero-order valence-corrected chi connectivity index (χ0v) is 17.1. The van der Waals surface area contributed by atoms with E-state index < -0.39 is 16.1 Å². The number of benzene rings is 1. The highest BCUT2D eigenvalue weighted by atomic mass is 32.2. The highest BCUT2D eigenvalue weighted by molar-refractivity contribution is 7.88. The summed E-state index contributed by atoms with van der Waals surface area (Å²) in [5.74, 6) is 1.56. The first-order valence-electron chi connectivity index (χ1n) is 9.85. The monoisotopic (exact) mass is 405 g/mol. The molecule has 1 atom stereocenters. The van der Waals surface area contributed by atoms with Crippen molar-refractivity contribution in [1.29, 1.82) is 0 Å². The van der Waals surface area contributed by atoms with Gasteiger partial charge in [-0.2, -0.15) is 4.31 Å². The van der Waals surface area contributed by atoms with Gasteiger partial charge in [0.25, 0.3) is 0 Å². The Morgan fingerprint density at radius 1 is 1.29 bits per heavy atom. The fourth-order valence-electron chi connectivity index (χ4n) is 5.17. The van der Waals surface area contributed by atoms with Crippen LogP contribution in [0.1, 0.15) is 30.1 Å². The van der Waals surface area contributed by atoms with E-state index in [2.05, 4.69) is 16.0 Å². The van der Waals surface area contributed by atoms with Gasteiger partial charge < -0.3 is 19.7 Å². The van der Waals surface area contributed by atoms with E-state index in [1.165, 1.54) is 29.0 Å². The van der Waals surface area contributed by atoms with Crippen molar-refractivity contribution >= 4 is 20.9 Å². The molecule has 1 saturated heterocycles. The summed E-state index contributed by atoms with van der Waals surface area (Å²) in [5, 5.41) is 11.2. The molecule has 3 aliphatic rings. The third kappa shape index (κ3) is 2.77. The number of sulfonamides is 1. The number of hydrogen-bond donors (Lipinski definition) is 2. The minimum Gasteiger partial charge on any atom is -0.497 e. The van der Waals surface area contributed by atoms with Gasteiger partial charge in [-0.05, 0) is 36.5 Å². The maximum atomic E-state index is 12.5. The van der Waals surface area contributed by atoms with Gasteiger partial charge in [-0.25, -0.2) is 8.42 Å². The van der Waals surface area contributed by atoms with Crippen LogP contribution in [-0.4, -0.2) is 73.9 Å². The number of aliphatic hydroxyl groups is 1. The number of ether oxygens (including phenoxy) is 1. The summed E-state index contributed by atoms with van der Waals surface area (Å²) in [6, 6.07) is 5.37. The fraction of sp³-hybridized carbons (Fsp3) is 0.600. The minimum atomic E-state index is -3.45. The van der Waals surface area contributed by atoms with E-state index in [4.69, 9.17) is 4.74 Å². The van der Waals surface area contributed by atoms with Crippen LogP contribution in [-0.2, 0) is 15.4 Å². The molecule has 2 fully saturated rings. The zero-order chi connectivity index (χ0) is 19.7. The Morgan fingerprint density at radius 2 is 2.04 bits per heavy atom. The average molecular weight is 406 g/mol. The molecule has 5 rings (SSSR count). The molecular weight excluding hydrogens is 378 g/mol. The largest absolute Gasteiger partial charge is 0.497 e. The summed E-state index contributed by atoms with van der Waals surface area (Å²) < 4.78 is 31.9. The Kier molecular flexibility index (Phi) is 4.07. The number of nitrogens with zero attached hydrogens (tertiary/aromatic N) is 2. The second kappa shape index (κ2) is 6.19. The van der Waals surface area contributed by atoms with Gasteiger partial charge in [-0.1, -0.05) is 0 Å². The normalized spacial score (nSPS) is 25.0. The molecule has 8 heteroatoms. The van der Waals surface area contributed by atoms with Crippen molar-refractivity contribution in [2.75, 3.05) is 46.2 Å². The van der Waals surface area contributed by atoms with E-state index in [1.807, 2.05) is 12.1 Å². The van der Waals surface area contributed by atoms with Crippen molar-refractivity contribution < 1.29 is 18.3 Å². The molecule has 1 spiro atoms. The van der Waals surface area contributed by atoms with Crippen LogP contribution >= 0.6 is 0 Å². The summed E-state index contributed by atoms with van der Waals surface area (Å²) in [6.07, 6.45) is 3.86. The van der Waals surface area contributed by atoms with Crippen LogP contribution in [0.15, 0.2) is 18.2 Å². The molecule has 0 radical (unpaired) electrons. The molecule has 0 bridgehead atoms. The van der Waals surface area contributed by atoms with Crippen LogP contribution in [0.4, 0.5) is 0 Å². The fourth-order valence-corrected chi connectivity index (χ4v) is 6.29. The van der Waals surface area contributed by atoms with Crippen LogP contribution in [0.3, 0.4) is 0 Å². The minimum absolute atomic E-state index is 0.230. The van der Waals surface area contributed by atoms with Crippen LogP contribution in [0, 0.1) is 5.92 Å².